The van der Waals surface area contributed by atoms with Crippen LogP contribution in [-0.4, -0.2) is 59.5 Å². The molecule has 1 N–H and O–H groups in total. The third-order valence-electron chi connectivity index (χ3n) is 3.08. The number of carbonyl (C=O) groups excluding carboxylic acids is 1. The van der Waals surface area contributed by atoms with Crippen molar-refractivity contribution in [2.24, 2.45) is 5.92 Å². The van der Waals surface area contributed by atoms with E-state index in [9.17, 15) is 9.59 Å². The minimum absolute atomic E-state index is 0.0510. The lowest BCUT2D eigenvalue weighted by Crippen LogP contribution is -2.47. The summed E-state index contributed by atoms with van der Waals surface area (Å²) >= 11 is 0. The molecule has 100 valence electrons. The van der Waals surface area contributed by atoms with E-state index in [0.717, 1.165) is 0 Å². The van der Waals surface area contributed by atoms with Gasteiger partial charge in [-0.05, 0) is 27.8 Å². The zero-order chi connectivity index (χ0) is 13.6. The summed E-state index contributed by atoms with van der Waals surface area (Å²) < 4.78 is 0. The van der Waals surface area contributed by atoms with Crippen molar-refractivity contribution in [1.82, 2.24) is 9.80 Å². The van der Waals surface area contributed by atoms with Gasteiger partial charge >= 0.3 is 5.97 Å². The van der Waals surface area contributed by atoms with Crippen LogP contribution in [0.15, 0.2) is 0 Å². The summed E-state index contributed by atoms with van der Waals surface area (Å²) in [4.78, 5) is 26.3. The Morgan fingerprint density at radius 3 is 2.00 bits per heavy atom. The lowest BCUT2D eigenvalue weighted by molar-refractivity contribution is -0.143. The Hall–Kier alpha value is -1.10. The molecule has 0 saturated heterocycles. The minimum Gasteiger partial charge on any atom is -0.481 e. The Bertz CT molecular complexity index is 264. The second-order valence-electron chi connectivity index (χ2n) is 4.37. The number of nitrogens with zero attached hydrogens (tertiary/aromatic N) is 2. The molecule has 0 aromatic carbocycles. The van der Waals surface area contributed by atoms with Gasteiger partial charge in [0, 0.05) is 19.6 Å². The second kappa shape index (κ2) is 7.27. The molecule has 0 heterocycles. The molecule has 0 aliphatic carbocycles. The number of hydrogen-bond acceptors (Lipinski definition) is 3. The fraction of sp³-hybridized carbons (Fsp3) is 0.833. The zero-order valence-electron chi connectivity index (χ0n) is 11.4. The van der Waals surface area contributed by atoms with Gasteiger partial charge in [0.1, 0.15) is 0 Å². The number of rotatable bonds is 7. The maximum atomic E-state index is 12.0. The Morgan fingerprint density at radius 2 is 1.65 bits per heavy atom. The van der Waals surface area contributed by atoms with E-state index in [0.29, 0.717) is 19.6 Å². The summed E-state index contributed by atoms with van der Waals surface area (Å²) in [5, 5.41) is 8.83. The highest BCUT2D eigenvalue weighted by atomic mass is 16.4. The van der Waals surface area contributed by atoms with Crippen molar-refractivity contribution in [3.8, 4) is 0 Å². The molecular formula is C12H24N2O3. The van der Waals surface area contributed by atoms with Crippen molar-refractivity contribution in [2.75, 3.05) is 26.7 Å². The van der Waals surface area contributed by atoms with Crippen LogP contribution in [0.3, 0.4) is 0 Å². The van der Waals surface area contributed by atoms with Gasteiger partial charge in [0.15, 0.2) is 0 Å². The highest BCUT2D eigenvalue weighted by molar-refractivity contribution is 5.81. The van der Waals surface area contributed by atoms with E-state index in [4.69, 9.17) is 5.11 Å². The third-order valence-corrected chi connectivity index (χ3v) is 3.08. The molecule has 0 fully saturated rings. The Labute approximate surface area is 103 Å². The van der Waals surface area contributed by atoms with Gasteiger partial charge in [-0.15, -0.1) is 0 Å². The fourth-order valence-electron chi connectivity index (χ4n) is 1.66. The van der Waals surface area contributed by atoms with Crippen LogP contribution in [0.1, 0.15) is 27.7 Å². The summed E-state index contributed by atoms with van der Waals surface area (Å²) in [6, 6.07) is -0.281. The Kier molecular flexibility index (Phi) is 6.80. The van der Waals surface area contributed by atoms with Crippen LogP contribution in [0.25, 0.3) is 0 Å². The first-order valence-corrected chi connectivity index (χ1v) is 6.06. The Balaban J connectivity index is 4.43. The van der Waals surface area contributed by atoms with Gasteiger partial charge < -0.3 is 10.0 Å². The molecule has 5 nitrogen and oxygen atoms in total. The summed E-state index contributed by atoms with van der Waals surface area (Å²) in [6.45, 7) is 9.08. The lowest BCUT2D eigenvalue weighted by atomic mass is 10.1. The zero-order valence-corrected chi connectivity index (χ0v) is 11.4. The Morgan fingerprint density at radius 1 is 1.18 bits per heavy atom. The van der Waals surface area contributed by atoms with Crippen LogP contribution in [0.2, 0.25) is 0 Å². The lowest BCUT2D eigenvalue weighted by Gasteiger charge is -2.30. The van der Waals surface area contributed by atoms with E-state index < -0.39 is 11.9 Å². The standard InChI is InChI=1S/C12H24N2O3/c1-6-14(7-2)11(15)10(4)13(5)8-9(3)12(16)17/h9-10H,6-8H2,1-5H3,(H,16,17). The average Bonchev–Trinajstić information content (AvgIpc) is 2.28. The quantitative estimate of drug-likeness (QED) is 0.722. The number of amides is 1. The molecule has 0 bridgehead atoms. The van der Waals surface area contributed by atoms with E-state index in [1.165, 1.54) is 0 Å². The predicted octanol–water partition coefficient (Wildman–Crippen LogP) is 0.896. The van der Waals surface area contributed by atoms with E-state index >= 15 is 0 Å². The topological polar surface area (TPSA) is 60.9 Å². The van der Waals surface area contributed by atoms with E-state index in [2.05, 4.69) is 0 Å². The molecule has 0 saturated carbocycles. The summed E-state index contributed by atoms with van der Waals surface area (Å²) in [6.07, 6.45) is 0. The molecule has 0 aliphatic heterocycles. The van der Waals surface area contributed by atoms with Crippen LogP contribution < -0.4 is 0 Å². The number of carboxylic acid groups (broad SMARTS) is 1. The SMILES string of the molecule is CCN(CC)C(=O)C(C)N(C)CC(C)C(=O)O. The first kappa shape index (κ1) is 15.9. The molecule has 2 atom stereocenters. The molecule has 0 rings (SSSR count). The predicted molar refractivity (Wildman–Crippen MR) is 66.8 cm³/mol. The van der Waals surface area contributed by atoms with Crippen molar-refractivity contribution in [1.29, 1.82) is 0 Å². The van der Waals surface area contributed by atoms with Crippen molar-refractivity contribution in [3.05, 3.63) is 0 Å². The molecule has 17 heavy (non-hydrogen) atoms. The number of hydrogen-bond donors (Lipinski definition) is 1. The normalized spacial score (nSPS) is 14.5. The van der Waals surface area contributed by atoms with Gasteiger partial charge in [-0.1, -0.05) is 6.92 Å². The number of carboxylic acids is 1. The van der Waals surface area contributed by atoms with E-state index in [1.54, 1.807) is 23.8 Å². The molecule has 0 aliphatic rings. The highest BCUT2D eigenvalue weighted by Crippen LogP contribution is 2.06. The second-order valence-corrected chi connectivity index (χ2v) is 4.37. The third kappa shape index (κ3) is 4.73. The first-order valence-electron chi connectivity index (χ1n) is 6.06. The molecule has 0 radical (unpaired) electrons. The van der Waals surface area contributed by atoms with Gasteiger partial charge in [0.25, 0.3) is 0 Å². The molecule has 0 spiro atoms. The summed E-state index contributed by atoms with van der Waals surface area (Å²) in [5.41, 5.74) is 0. The van der Waals surface area contributed by atoms with Gasteiger partial charge in [-0.25, -0.2) is 0 Å². The van der Waals surface area contributed by atoms with Crippen LogP contribution in [0.4, 0.5) is 0 Å². The molecule has 1 amide bonds. The van der Waals surface area contributed by atoms with Crippen LogP contribution in [0, 0.1) is 5.92 Å². The number of aliphatic carboxylic acids is 1. The van der Waals surface area contributed by atoms with Gasteiger partial charge in [0.2, 0.25) is 5.91 Å². The maximum Gasteiger partial charge on any atom is 0.307 e. The van der Waals surface area contributed by atoms with Gasteiger partial charge in [-0.2, -0.15) is 0 Å². The van der Waals surface area contributed by atoms with Crippen LogP contribution in [-0.2, 0) is 9.59 Å². The highest BCUT2D eigenvalue weighted by Gasteiger charge is 2.24. The van der Waals surface area contributed by atoms with Gasteiger partial charge in [0.05, 0.1) is 12.0 Å². The largest absolute Gasteiger partial charge is 0.481 e. The monoisotopic (exact) mass is 244 g/mol. The maximum absolute atomic E-state index is 12.0. The van der Waals surface area contributed by atoms with Crippen molar-refractivity contribution in [2.45, 2.75) is 33.7 Å². The number of likely N-dealkylation sites (N-methyl/N-ethyl adjacent to an activating group) is 2. The molecular weight excluding hydrogens is 220 g/mol. The number of carbonyl (C=O) groups is 2. The molecule has 5 heteroatoms. The van der Waals surface area contributed by atoms with Crippen molar-refractivity contribution < 1.29 is 14.7 Å². The molecule has 0 aromatic rings. The van der Waals surface area contributed by atoms with Crippen LogP contribution in [0.5, 0.6) is 0 Å². The van der Waals surface area contributed by atoms with Crippen LogP contribution >= 0.6 is 0 Å². The average molecular weight is 244 g/mol. The summed E-state index contributed by atoms with van der Waals surface area (Å²) in [5.74, 6) is -1.25. The van der Waals surface area contributed by atoms with Gasteiger partial charge in [-0.3, -0.25) is 14.5 Å². The van der Waals surface area contributed by atoms with E-state index in [1.807, 2.05) is 20.8 Å². The van der Waals surface area contributed by atoms with Crippen molar-refractivity contribution >= 4 is 11.9 Å². The summed E-state index contributed by atoms with van der Waals surface area (Å²) in [7, 11) is 1.78. The smallest absolute Gasteiger partial charge is 0.307 e. The van der Waals surface area contributed by atoms with E-state index in [-0.39, 0.29) is 11.9 Å². The molecule has 2 unspecified atom stereocenters. The first-order chi connectivity index (χ1) is 7.84. The molecule has 0 aromatic heterocycles. The fourth-order valence-corrected chi connectivity index (χ4v) is 1.66. The van der Waals surface area contributed by atoms with Crippen molar-refractivity contribution in [3.63, 3.8) is 0 Å². The minimum atomic E-state index is -0.834.